The highest BCUT2D eigenvalue weighted by molar-refractivity contribution is 7.99. The first kappa shape index (κ1) is 21.0. The Kier molecular flexibility index (Phi) is 7.00. The minimum absolute atomic E-state index is 0.143. The fourth-order valence-corrected chi connectivity index (χ4v) is 3.42. The van der Waals surface area contributed by atoms with Gasteiger partial charge in [-0.2, -0.15) is 0 Å². The minimum atomic E-state index is -0.143. The van der Waals surface area contributed by atoms with E-state index in [1.807, 2.05) is 44.3 Å². The summed E-state index contributed by atoms with van der Waals surface area (Å²) in [4.78, 5) is 12.3. The number of rotatable bonds is 8. The minimum Gasteiger partial charge on any atom is -0.493 e. The molecule has 2 aromatic carbocycles. The summed E-state index contributed by atoms with van der Waals surface area (Å²) in [6, 6.07) is 12.8. The van der Waals surface area contributed by atoms with E-state index in [1.165, 1.54) is 11.8 Å². The third-order valence-electron chi connectivity index (χ3n) is 4.16. The smallest absolute Gasteiger partial charge is 0.234 e. The van der Waals surface area contributed by atoms with Crippen molar-refractivity contribution < 1.29 is 14.3 Å². The van der Waals surface area contributed by atoms with E-state index in [1.54, 1.807) is 23.8 Å². The van der Waals surface area contributed by atoms with Crippen molar-refractivity contribution in [3.05, 3.63) is 58.9 Å². The highest BCUT2D eigenvalue weighted by Gasteiger charge is 2.13. The van der Waals surface area contributed by atoms with E-state index < -0.39 is 0 Å². The van der Waals surface area contributed by atoms with Crippen molar-refractivity contribution in [3.63, 3.8) is 0 Å². The molecule has 0 bridgehead atoms. The van der Waals surface area contributed by atoms with Gasteiger partial charge >= 0.3 is 0 Å². The number of halogens is 1. The van der Waals surface area contributed by atoms with Crippen molar-refractivity contribution in [3.8, 4) is 11.5 Å². The molecule has 0 saturated heterocycles. The summed E-state index contributed by atoms with van der Waals surface area (Å²) in [6.45, 7) is 2.15. The first-order valence-electron chi connectivity index (χ1n) is 8.81. The predicted octanol–water partition coefficient (Wildman–Crippen LogP) is 4.10. The number of carbonyl (C=O) groups excluding carboxylic acids is 1. The fourth-order valence-electron chi connectivity index (χ4n) is 2.52. The number of hydrogen-bond donors (Lipinski definition) is 1. The number of anilines is 1. The molecule has 3 rings (SSSR count). The molecule has 0 spiro atoms. The van der Waals surface area contributed by atoms with Crippen LogP contribution in [0.15, 0.2) is 47.6 Å². The van der Waals surface area contributed by atoms with Crippen LogP contribution < -0.4 is 14.8 Å². The Morgan fingerprint density at radius 3 is 2.72 bits per heavy atom. The number of methoxy groups -OCH3 is 1. The van der Waals surface area contributed by atoms with Gasteiger partial charge in [-0.15, -0.1) is 10.2 Å². The van der Waals surface area contributed by atoms with Gasteiger partial charge < -0.3 is 19.4 Å². The Hall–Kier alpha value is -2.71. The molecule has 1 N–H and O–H groups in total. The normalized spacial score (nSPS) is 10.6. The zero-order chi connectivity index (χ0) is 20.8. The van der Waals surface area contributed by atoms with Crippen LogP contribution in [0.1, 0.15) is 11.4 Å². The lowest BCUT2D eigenvalue weighted by Crippen LogP contribution is -2.15. The van der Waals surface area contributed by atoms with E-state index in [-0.39, 0.29) is 18.3 Å². The van der Waals surface area contributed by atoms with Crippen molar-refractivity contribution in [2.24, 2.45) is 7.05 Å². The molecule has 3 aromatic rings. The van der Waals surface area contributed by atoms with Crippen LogP contribution in [-0.4, -0.2) is 33.5 Å². The third-order valence-corrected chi connectivity index (χ3v) is 5.41. The molecule has 29 heavy (non-hydrogen) atoms. The average molecular weight is 433 g/mol. The van der Waals surface area contributed by atoms with Gasteiger partial charge in [-0.1, -0.05) is 41.6 Å². The number of para-hydroxylation sites is 2. The molecule has 0 aliphatic carbocycles. The van der Waals surface area contributed by atoms with Gasteiger partial charge in [0.2, 0.25) is 5.91 Å². The summed E-state index contributed by atoms with van der Waals surface area (Å²) < 4.78 is 12.9. The second-order valence-electron chi connectivity index (χ2n) is 6.19. The Morgan fingerprint density at radius 1 is 1.21 bits per heavy atom. The number of carbonyl (C=O) groups is 1. The molecule has 152 valence electrons. The fraction of sp³-hybridized carbons (Fsp3) is 0.250. The van der Waals surface area contributed by atoms with E-state index >= 15 is 0 Å². The molecular formula is C20H21ClN4O3S. The SMILES string of the molecule is COc1ccccc1OCc1nnc(SCC(=O)Nc2cc(Cl)ccc2C)n1C. The standard InChI is InChI=1S/C20H21ClN4O3S/c1-13-8-9-14(21)10-15(13)22-19(26)12-29-20-24-23-18(25(20)2)11-28-17-7-5-4-6-16(17)27-3/h4-10H,11-12H2,1-3H3,(H,22,26). The number of thioether (sulfide) groups is 1. The van der Waals surface area contributed by atoms with Crippen LogP contribution in [0.4, 0.5) is 5.69 Å². The first-order valence-corrected chi connectivity index (χ1v) is 10.2. The van der Waals surface area contributed by atoms with E-state index in [2.05, 4.69) is 15.5 Å². The van der Waals surface area contributed by atoms with Crippen molar-refractivity contribution in [1.82, 2.24) is 14.8 Å². The van der Waals surface area contributed by atoms with Crippen LogP contribution in [0, 0.1) is 6.92 Å². The lowest BCUT2D eigenvalue weighted by Gasteiger charge is -2.10. The molecule has 0 fully saturated rings. The van der Waals surface area contributed by atoms with Crippen LogP contribution >= 0.6 is 23.4 Å². The van der Waals surface area contributed by atoms with Crippen molar-refractivity contribution in [1.29, 1.82) is 0 Å². The summed E-state index contributed by atoms with van der Waals surface area (Å²) in [5, 5.41) is 12.4. The number of hydrogen-bond acceptors (Lipinski definition) is 6. The monoisotopic (exact) mass is 432 g/mol. The number of nitrogens with one attached hydrogen (secondary N) is 1. The number of ether oxygens (including phenoxy) is 2. The molecule has 0 aliphatic heterocycles. The molecule has 1 heterocycles. The van der Waals surface area contributed by atoms with Crippen molar-refractivity contribution in [2.75, 3.05) is 18.2 Å². The molecule has 7 nitrogen and oxygen atoms in total. The highest BCUT2D eigenvalue weighted by Crippen LogP contribution is 2.27. The van der Waals surface area contributed by atoms with Crippen LogP contribution in [0.3, 0.4) is 0 Å². The maximum absolute atomic E-state index is 12.3. The Labute approximate surface area is 178 Å². The van der Waals surface area contributed by atoms with Crippen molar-refractivity contribution >= 4 is 35.0 Å². The van der Waals surface area contributed by atoms with Gasteiger partial charge in [-0.25, -0.2) is 0 Å². The largest absolute Gasteiger partial charge is 0.493 e. The number of aryl methyl sites for hydroxylation is 1. The van der Waals surface area contributed by atoms with E-state index in [9.17, 15) is 4.79 Å². The summed E-state index contributed by atoms with van der Waals surface area (Å²) in [5.74, 6) is 1.98. The molecule has 1 aromatic heterocycles. The molecule has 1 amide bonds. The van der Waals surface area contributed by atoms with Gasteiger partial charge in [-0.05, 0) is 36.8 Å². The van der Waals surface area contributed by atoms with Crippen molar-refractivity contribution in [2.45, 2.75) is 18.7 Å². The summed E-state index contributed by atoms with van der Waals surface area (Å²) >= 11 is 7.29. The maximum atomic E-state index is 12.3. The number of amides is 1. The second-order valence-corrected chi connectivity index (χ2v) is 7.57. The molecule has 0 aliphatic rings. The van der Waals surface area contributed by atoms with Gasteiger partial charge in [0.15, 0.2) is 22.5 Å². The summed E-state index contributed by atoms with van der Waals surface area (Å²) in [7, 11) is 3.43. The Balaban J connectivity index is 1.56. The van der Waals surface area contributed by atoms with Gasteiger partial charge in [0.05, 0.1) is 12.9 Å². The van der Waals surface area contributed by atoms with E-state index in [0.29, 0.717) is 33.2 Å². The summed E-state index contributed by atoms with van der Waals surface area (Å²) in [5.41, 5.74) is 1.65. The molecule has 0 radical (unpaired) electrons. The van der Waals surface area contributed by atoms with E-state index in [4.69, 9.17) is 21.1 Å². The second kappa shape index (κ2) is 9.67. The zero-order valence-corrected chi connectivity index (χ0v) is 17.9. The van der Waals surface area contributed by atoms with Crippen LogP contribution in [-0.2, 0) is 18.4 Å². The van der Waals surface area contributed by atoms with E-state index in [0.717, 1.165) is 5.56 Å². The Bertz CT molecular complexity index is 1010. The maximum Gasteiger partial charge on any atom is 0.234 e. The lowest BCUT2D eigenvalue weighted by atomic mass is 10.2. The lowest BCUT2D eigenvalue weighted by molar-refractivity contribution is -0.113. The molecular weight excluding hydrogens is 412 g/mol. The average Bonchev–Trinajstić information content (AvgIpc) is 3.07. The number of nitrogens with zero attached hydrogens (tertiary/aromatic N) is 3. The van der Waals surface area contributed by atoms with Crippen LogP contribution in [0.5, 0.6) is 11.5 Å². The van der Waals surface area contributed by atoms with Gasteiger partial charge in [0.1, 0.15) is 6.61 Å². The van der Waals surface area contributed by atoms with Gasteiger partial charge in [0.25, 0.3) is 0 Å². The third kappa shape index (κ3) is 5.42. The topological polar surface area (TPSA) is 78.3 Å². The van der Waals surface area contributed by atoms with Gasteiger partial charge in [0, 0.05) is 17.8 Å². The summed E-state index contributed by atoms with van der Waals surface area (Å²) in [6.07, 6.45) is 0. The zero-order valence-electron chi connectivity index (χ0n) is 16.3. The number of benzene rings is 2. The van der Waals surface area contributed by atoms with Crippen LogP contribution in [0.25, 0.3) is 0 Å². The first-order chi connectivity index (χ1) is 14.0. The predicted molar refractivity (Wildman–Crippen MR) is 114 cm³/mol. The quantitative estimate of drug-likeness (QED) is 0.540. The molecule has 0 atom stereocenters. The highest BCUT2D eigenvalue weighted by atomic mass is 35.5. The molecule has 9 heteroatoms. The molecule has 0 unspecified atom stereocenters. The molecule has 0 saturated carbocycles. The van der Waals surface area contributed by atoms with Crippen LogP contribution in [0.2, 0.25) is 5.02 Å². The number of aromatic nitrogens is 3. The Morgan fingerprint density at radius 2 is 1.97 bits per heavy atom. The van der Waals surface area contributed by atoms with Gasteiger partial charge in [-0.3, -0.25) is 4.79 Å².